The minimum Gasteiger partial charge on any atom is -0.336 e. The van der Waals surface area contributed by atoms with Crippen LogP contribution in [0.15, 0.2) is 23.6 Å². The summed E-state index contributed by atoms with van der Waals surface area (Å²) in [5.74, 6) is 0. The van der Waals surface area contributed by atoms with Crippen molar-refractivity contribution >= 4 is 10.0 Å². The maximum Gasteiger partial charge on any atom is 0.244 e. The zero-order chi connectivity index (χ0) is 14.6. The normalized spacial score (nSPS) is 11.9. The van der Waals surface area contributed by atoms with E-state index < -0.39 is 10.0 Å². The second-order valence-corrected chi connectivity index (χ2v) is 6.06. The lowest BCUT2D eigenvalue weighted by Gasteiger charge is -2.08. The molecule has 0 atom stereocenters. The number of nitrogens with one attached hydrogen (secondary N) is 3. The van der Waals surface area contributed by atoms with E-state index in [-0.39, 0.29) is 4.90 Å². The van der Waals surface area contributed by atoms with E-state index in [4.69, 9.17) is 0 Å². The van der Waals surface area contributed by atoms with Crippen molar-refractivity contribution in [2.45, 2.75) is 24.9 Å². The van der Waals surface area contributed by atoms with Crippen LogP contribution in [-0.2, 0) is 23.1 Å². The zero-order valence-corrected chi connectivity index (χ0v) is 12.2. The van der Waals surface area contributed by atoms with Crippen LogP contribution in [0.2, 0.25) is 0 Å². The quantitative estimate of drug-likeness (QED) is 0.646. The Bertz CT molecular complexity index is 647. The van der Waals surface area contributed by atoms with Gasteiger partial charge in [0, 0.05) is 32.0 Å². The van der Waals surface area contributed by atoms with Gasteiger partial charge in [0.05, 0.1) is 17.7 Å². The summed E-state index contributed by atoms with van der Waals surface area (Å²) in [5.41, 5.74) is 1.02. The van der Waals surface area contributed by atoms with Crippen molar-refractivity contribution in [2.75, 3.05) is 13.6 Å². The lowest BCUT2D eigenvalue weighted by Crippen LogP contribution is -2.28. The Morgan fingerprint density at radius 3 is 2.90 bits per heavy atom. The molecule has 2 aromatic heterocycles. The Morgan fingerprint density at radius 2 is 2.25 bits per heavy atom. The molecule has 2 heterocycles. The Labute approximate surface area is 117 Å². The molecule has 110 valence electrons. The van der Waals surface area contributed by atoms with Crippen molar-refractivity contribution in [3.8, 4) is 0 Å². The topological polar surface area (TPSA) is 105 Å². The molecular formula is C11H18N6O2S. The van der Waals surface area contributed by atoms with E-state index in [1.54, 1.807) is 37.3 Å². The fraction of sp³-hybridized carbons (Fsp3) is 0.455. The lowest BCUT2D eigenvalue weighted by atomic mass is 10.4. The van der Waals surface area contributed by atoms with Crippen LogP contribution in [0.4, 0.5) is 0 Å². The summed E-state index contributed by atoms with van der Waals surface area (Å²) in [7, 11) is -1.83. The van der Waals surface area contributed by atoms with Crippen molar-refractivity contribution in [3.63, 3.8) is 0 Å². The van der Waals surface area contributed by atoms with Crippen LogP contribution in [0, 0.1) is 6.92 Å². The maximum atomic E-state index is 12.3. The van der Waals surface area contributed by atoms with E-state index in [0.29, 0.717) is 31.0 Å². The molecule has 0 saturated carbocycles. The Hall–Kier alpha value is -1.71. The highest BCUT2D eigenvalue weighted by Gasteiger charge is 2.23. The number of H-pyrrole nitrogens is 1. The molecule has 0 aliphatic heterocycles. The summed E-state index contributed by atoms with van der Waals surface area (Å²) in [4.78, 5) is 4.12. The maximum absolute atomic E-state index is 12.3. The van der Waals surface area contributed by atoms with Crippen LogP contribution in [-0.4, -0.2) is 41.8 Å². The largest absolute Gasteiger partial charge is 0.336 e. The third-order valence-corrected chi connectivity index (χ3v) is 4.46. The number of aromatic nitrogens is 4. The average molecular weight is 298 g/mol. The van der Waals surface area contributed by atoms with Crippen LogP contribution < -0.4 is 10.0 Å². The number of aryl methyl sites for hydroxylation is 1. The lowest BCUT2D eigenvalue weighted by molar-refractivity contribution is 0.570. The van der Waals surface area contributed by atoms with Gasteiger partial charge in [0.1, 0.15) is 4.90 Å². The van der Waals surface area contributed by atoms with E-state index in [1.807, 2.05) is 0 Å². The summed E-state index contributed by atoms with van der Waals surface area (Å²) in [6.45, 7) is 2.90. The van der Waals surface area contributed by atoms with Gasteiger partial charge in [-0.3, -0.25) is 5.10 Å². The molecule has 0 unspecified atom stereocenters. The van der Waals surface area contributed by atoms with Crippen molar-refractivity contribution in [1.82, 2.24) is 29.8 Å². The molecule has 0 saturated heterocycles. The highest BCUT2D eigenvalue weighted by Crippen LogP contribution is 2.17. The molecule has 0 aliphatic rings. The number of hydrogen-bond acceptors (Lipinski definition) is 5. The number of sulfonamides is 1. The van der Waals surface area contributed by atoms with Crippen LogP contribution in [0.1, 0.15) is 11.4 Å². The molecule has 2 aromatic rings. The van der Waals surface area contributed by atoms with Crippen LogP contribution in [0.5, 0.6) is 0 Å². The third kappa shape index (κ3) is 3.24. The van der Waals surface area contributed by atoms with E-state index in [2.05, 4.69) is 25.2 Å². The molecule has 0 bridgehead atoms. The fourth-order valence-electron chi connectivity index (χ4n) is 1.91. The third-order valence-electron chi connectivity index (χ3n) is 2.80. The number of hydrogen-bond donors (Lipinski definition) is 3. The first-order valence-electron chi connectivity index (χ1n) is 6.18. The fourth-order valence-corrected chi connectivity index (χ4v) is 3.29. The number of rotatable bonds is 7. The molecule has 0 fully saturated rings. The van der Waals surface area contributed by atoms with Gasteiger partial charge in [0.15, 0.2) is 0 Å². The molecule has 2 rings (SSSR count). The molecule has 20 heavy (non-hydrogen) atoms. The SMILES string of the molecule is CNCc1n[nH]c(C)c1S(=O)(=O)NCCn1ccnc1. The Balaban J connectivity index is 2.08. The van der Waals surface area contributed by atoms with Crippen molar-refractivity contribution in [3.05, 3.63) is 30.1 Å². The van der Waals surface area contributed by atoms with Crippen LogP contribution in [0.3, 0.4) is 0 Å². The summed E-state index contributed by atoms with van der Waals surface area (Å²) >= 11 is 0. The first-order chi connectivity index (χ1) is 9.54. The van der Waals surface area contributed by atoms with Gasteiger partial charge in [0.25, 0.3) is 0 Å². The zero-order valence-electron chi connectivity index (χ0n) is 11.4. The molecule has 0 amide bonds. The average Bonchev–Trinajstić information content (AvgIpc) is 3.00. The highest BCUT2D eigenvalue weighted by molar-refractivity contribution is 7.89. The second kappa shape index (κ2) is 6.16. The Kier molecular flexibility index (Phi) is 4.53. The van der Waals surface area contributed by atoms with E-state index in [0.717, 1.165) is 0 Å². The molecule has 0 radical (unpaired) electrons. The minimum absolute atomic E-state index is 0.220. The van der Waals surface area contributed by atoms with Crippen molar-refractivity contribution in [2.24, 2.45) is 0 Å². The molecule has 0 spiro atoms. The Morgan fingerprint density at radius 1 is 1.45 bits per heavy atom. The van der Waals surface area contributed by atoms with Gasteiger partial charge in [0.2, 0.25) is 10.0 Å². The summed E-state index contributed by atoms with van der Waals surface area (Å²) in [5, 5.41) is 9.62. The van der Waals surface area contributed by atoms with E-state index in [1.165, 1.54) is 0 Å². The second-order valence-electron chi connectivity index (χ2n) is 4.35. The summed E-state index contributed by atoms with van der Waals surface area (Å²) in [6.07, 6.45) is 5.08. The summed E-state index contributed by atoms with van der Waals surface area (Å²) in [6, 6.07) is 0. The van der Waals surface area contributed by atoms with E-state index in [9.17, 15) is 8.42 Å². The van der Waals surface area contributed by atoms with Crippen molar-refractivity contribution < 1.29 is 8.42 Å². The van der Waals surface area contributed by atoms with Gasteiger partial charge in [-0.15, -0.1) is 0 Å². The predicted molar refractivity (Wildman–Crippen MR) is 73.5 cm³/mol. The number of aromatic amines is 1. The number of nitrogens with zero attached hydrogens (tertiary/aromatic N) is 3. The molecule has 0 aliphatic carbocycles. The molecule has 8 nitrogen and oxygen atoms in total. The predicted octanol–water partition coefficient (Wildman–Crippen LogP) is -0.387. The standard InChI is InChI=1S/C11H18N6O2S/c1-9-11(10(7-12-2)16-15-9)20(18,19)14-4-6-17-5-3-13-8-17/h3,5,8,12,14H,4,6-7H2,1-2H3,(H,15,16). The highest BCUT2D eigenvalue weighted by atomic mass is 32.2. The van der Waals surface area contributed by atoms with Crippen LogP contribution >= 0.6 is 0 Å². The first-order valence-corrected chi connectivity index (χ1v) is 7.66. The van der Waals surface area contributed by atoms with Gasteiger partial charge in [-0.25, -0.2) is 18.1 Å². The molecular weight excluding hydrogens is 280 g/mol. The first kappa shape index (κ1) is 14.7. The van der Waals surface area contributed by atoms with Gasteiger partial charge in [-0.1, -0.05) is 0 Å². The smallest absolute Gasteiger partial charge is 0.244 e. The van der Waals surface area contributed by atoms with E-state index >= 15 is 0 Å². The summed E-state index contributed by atoms with van der Waals surface area (Å²) < 4.78 is 29.0. The number of imidazole rings is 1. The van der Waals surface area contributed by atoms with Gasteiger partial charge < -0.3 is 9.88 Å². The monoisotopic (exact) mass is 298 g/mol. The van der Waals surface area contributed by atoms with Crippen molar-refractivity contribution in [1.29, 1.82) is 0 Å². The van der Waals surface area contributed by atoms with Gasteiger partial charge in [-0.05, 0) is 14.0 Å². The molecule has 3 N–H and O–H groups in total. The van der Waals surface area contributed by atoms with Gasteiger partial charge in [-0.2, -0.15) is 5.10 Å². The molecule has 9 heteroatoms. The minimum atomic E-state index is -3.57. The molecule has 0 aromatic carbocycles. The van der Waals surface area contributed by atoms with Crippen LogP contribution in [0.25, 0.3) is 0 Å². The van der Waals surface area contributed by atoms with Gasteiger partial charge >= 0.3 is 0 Å².